The molecular formula is C17H23N7O2. The summed E-state index contributed by atoms with van der Waals surface area (Å²) in [4.78, 5) is 21.8. The Balaban J connectivity index is 1.61. The van der Waals surface area contributed by atoms with Crippen molar-refractivity contribution in [2.45, 2.75) is 26.1 Å². The number of methoxy groups -OCH3 is 1. The van der Waals surface area contributed by atoms with Crippen LogP contribution in [0.15, 0.2) is 30.6 Å². The quantitative estimate of drug-likeness (QED) is 0.670. The number of urea groups is 1. The Morgan fingerprint density at radius 2 is 2.23 bits per heavy atom. The Labute approximate surface area is 151 Å². The molecule has 0 aliphatic carbocycles. The molecule has 2 heterocycles. The van der Waals surface area contributed by atoms with Gasteiger partial charge >= 0.3 is 6.03 Å². The molecule has 0 spiro atoms. The number of aromatic amines is 1. The number of nitrogens with one attached hydrogen (secondary N) is 2. The van der Waals surface area contributed by atoms with Gasteiger partial charge in [-0.2, -0.15) is 0 Å². The van der Waals surface area contributed by atoms with Crippen LogP contribution in [0.5, 0.6) is 0 Å². The van der Waals surface area contributed by atoms with Crippen LogP contribution in [0.3, 0.4) is 0 Å². The highest BCUT2D eigenvalue weighted by molar-refractivity contribution is 5.76. The fraction of sp³-hybridized carbons (Fsp3) is 0.412. The maximum absolute atomic E-state index is 12.5. The van der Waals surface area contributed by atoms with Gasteiger partial charge < -0.3 is 24.5 Å². The first-order valence-corrected chi connectivity index (χ1v) is 8.40. The van der Waals surface area contributed by atoms with Crippen molar-refractivity contribution in [3.8, 4) is 0 Å². The van der Waals surface area contributed by atoms with Gasteiger partial charge in [0.2, 0.25) is 0 Å². The standard InChI is InChI=1S/C17H23N7O2/c1-12(16-20-13-6-4-5-7-14(13)21-16)19-17(25)23(2)10-15-22-18-11-24(15)8-9-26-3/h4-7,11-12H,8-10H2,1-3H3,(H,19,25)(H,20,21)/t12-/m0/s1. The molecule has 0 saturated heterocycles. The zero-order chi connectivity index (χ0) is 18.5. The Hall–Kier alpha value is -2.94. The fourth-order valence-electron chi connectivity index (χ4n) is 2.60. The minimum absolute atomic E-state index is 0.209. The van der Waals surface area contributed by atoms with E-state index in [1.165, 1.54) is 0 Å². The second-order valence-electron chi connectivity index (χ2n) is 6.10. The molecular weight excluding hydrogens is 334 g/mol. The SMILES string of the molecule is COCCn1cnnc1CN(C)C(=O)N[C@@H](C)c1nc2ccccc2[nH]1. The van der Waals surface area contributed by atoms with E-state index in [0.29, 0.717) is 25.5 Å². The van der Waals surface area contributed by atoms with Crippen molar-refractivity contribution in [1.29, 1.82) is 0 Å². The summed E-state index contributed by atoms with van der Waals surface area (Å²) in [6.45, 7) is 3.45. The van der Waals surface area contributed by atoms with Gasteiger partial charge in [0.15, 0.2) is 5.82 Å². The van der Waals surface area contributed by atoms with Crippen LogP contribution in [-0.2, 0) is 17.8 Å². The summed E-state index contributed by atoms with van der Waals surface area (Å²) in [6.07, 6.45) is 1.64. The van der Waals surface area contributed by atoms with Crippen molar-refractivity contribution in [1.82, 2.24) is 34.9 Å². The molecule has 1 atom stereocenters. The maximum atomic E-state index is 12.5. The molecule has 3 rings (SSSR count). The van der Waals surface area contributed by atoms with E-state index >= 15 is 0 Å². The van der Waals surface area contributed by atoms with Gasteiger partial charge in [0.25, 0.3) is 0 Å². The van der Waals surface area contributed by atoms with E-state index in [9.17, 15) is 4.79 Å². The van der Waals surface area contributed by atoms with Crippen molar-refractivity contribution < 1.29 is 9.53 Å². The molecule has 2 amide bonds. The van der Waals surface area contributed by atoms with Crippen molar-refractivity contribution in [2.24, 2.45) is 0 Å². The number of H-pyrrole nitrogens is 1. The highest BCUT2D eigenvalue weighted by atomic mass is 16.5. The third-order valence-electron chi connectivity index (χ3n) is 4.12. The van der Waals surface area contributed by atoms with Gasteiger partial charge in [-0.1, -0.05) is 12.1 Å². The number of carbonyl (C=O) groups is 1. The maximum Gasteiger partial charge on any atom is 0.318 e. The second kappa shape index (κ2) is 7.96. The first kappa shape index (κ1) is 17.9. The molecule has 0 saturated carbocycles. The van der Waals surface area contributed by atoms with E-state index in [1.54, 1.807) is 25.4 Å². The molecule has 3 aromatic rings. The number of ether oxygens (including phenoxy) is 1. The van der Waals surface area contributed by atoms with Crippen LogP contribution in [0.25, 0.3) is 11.0 Å². The third kappa shape index (κ3) is 3.99. The lowest BCUT2D eigenvalue weighted by Gasteiger charge is -2.20. The number of para-hydroxylation sites is 2. The topological polar surface area (TPSA) is 101 Å². The van der Waals surface area contributed by atoms with Crippen molar-refractivity contribution in [2.75, 3.05) is 20.8 Å². The van der Waals surface area contributed by atoms with Gasteiger partial charge in [-0.3, -0.25) is 0 Å². The Kier molecular flexibility index (Phi) is 5.47. The van der Waals surface area contributed by atoms with Crippen LogP contribution < -0.4 is 5.32 Å². The fourth-order valence-corrected chi connectivity index (χ4v) is 2.60. The van der Waals surface area contributed by atoms with Crippen molar-refractivity contribution in [3.05, 3.63) is 42.2 Å². The minimum atomic E-state index is -0.247. The number of nitrogens with zero attached hydrogens (tertiary/aromatic N) is 5. The lowest BCUT2D eigenvalue weighted by molar-refractivity contribution is 0.183. The zero-order valence-corrected chi connectivity index (χ0v) is 15.1. The number of imidazole rings is 1. The Morgan fingerprint density at radius 1 is 1.42 bits per heavy atom. The molecule has 1 aromatic carbocycles. The van der Waals surface area contributed by atoms with E-state index in [1.807, 2.05) is 35.8 Å². The van der Waals surface area contributed by atoms with E-state index < -0.39 is 0 Å². The summed E-state index contributed by atoms with van der Waals surface area (Å²) >= 11 is 0. The summed E-state index contributed by atoms with van der Waals surface area (Å²) in [5.41, 5.74) is 1.83. The van der Waals surface area contributed by atoms with Crippen LogP contribution in [0.1, 0.15) is 24.6 Å². The summed E-state index contributed by atoms with van der Waals surface area (Å²) in [6, 6.07) is 7.32. The number of hydrogen-bond donors (Lipinski definition) is 2. The normalized spacial score (nSPS) is 12.3. The van der Waals surface area contributed by atoms with Gasteiger partial charge in [0.05, 0.1) is 30.2 Å². The zero-order valence-electron chi connectivity index (χ0n) is 15.1. The average molecular weight is 357 g/mol. The summed E-state index contributed by atoms with van der Waals surface area (Å²) in [5.74, 6) is 1.42. The minimum Gasteiger partial charge on any atom is -0.383 e. The largest absolute Gasteiger partial charge is 0.383 e. The smallest absolute Gasteiger partial charge is 0.318 e. The predicted molar refractivity (Wildman–Crippen MR) is 96.4 cm³/mol. The molecule has 9 heteroatoms. The lowest BCUT2D eigenvalue weighted by atomic mass is 10.3. The molecule has 0 fully saturated rings. The molecule has 0 bridgehead atoms. The summed E-state index contributed by atoms with van der Waals surface area (Å²) in [5, 5.41) is 10.9. The van der Waals surface area contributed by atoms with Crippen LogP contribution in [-0.4, -0.2) is 56.4 Å². The number of rotatable bonds is 7. The molecule has 0 aliphatic rings. The van der Waals surface area contributed by atoms with E-state index in [2.05, 4.69) is 25.5 Å². The number of aromatic nitrogens is 5. The number of benzene rings is 1. The molecule has 2 N–H and O–H groups in total. The number of amides is 2. The molecule has 0 aliphatic heterocycles. The van der Waals surface area contributed by atoms with Crippen molar-refractivity contribution in [3.63, 3.8) is 0 Å². The van der Waals surface area contributed by atoms with Crippen LogP contribution >= 0.6 is 0 Å². The third-order valence-corrected chi connectivity index (χ3v) is 4.12. The monoisotopic (exact) mass is 357 g/mol. The Morgan fingerprint density at radius 3 is 3.00 bits per heavy atom. The molecule has 138 valence electrons. The van der Waals surface area contributed by atoms with Crippen LogP contribution in [0.4, 0.5) is 4.79 Å². The average Bonchev–Trinajstić information content (AvgIpc) is 3.26. The molecule has 2 aromatic heterocycles. The van der Waals surface area contributed by atoms with Gasteiger partial charge in [0.1, 0.15) is 12.2 Å². The van der Waals surface area contributed by atoms with Crippen molar-refractivity contribution >= 4 is 17.1 Å². The van der Waals surface area contributed by atoms with Gasteiger partial charge in [-0.05, 0) is 19.1 Å². The highest BCUT2D eigenvalue weighted by Gasteiger charge is 2.18. The van der Waals surface area contributed by atoms with Crippen LogP contribution in [0, 0.1) is 0 Å². The van der Waals surface area contributed by atoms with E-state index in [4.69, 9.17) is 4.74 Å². The molecule has 9 nitrogen and oxygen atoms in total. The lowest BCUT2D eigenvalue weighted by Crippen LogP contribution is -2.39. The number of hydrogen-bond acceptors (Lipinski definition) is 5. The summed E-state index contributed by atoms with van der Waals surface area (Å²) < 4.78 is 6.94. The number of carbonyl (C=O) groups excluding carboxylic acids is 1. The van der Waals surface area contributed by atoms with E-state index in [-0.39, 0.29) is 12.1 Å². The summed E-state index contributed by atoms with van der Waals surface area (Å²) in [7, 11) is 3.36. The molecule has 0 radical (unpaired) electrons. The molecule has 26 heavy (non-hydrogen) atoms. The van der Waals surface area contributed by atoms with Gasteiger partial charge in [-0.25, -0.2) is 9.78 Å². The number of fused-ring (bicyclic) bond motifs is 1. The Bertz CT molecular complexity index is 840. The molecule has 0 unspecified atom stereocenters. The first-order chi connectivity index (χ1) is 12.6. The second-order valence-corrected chi connectivity index (χ2v) is 6.10. The predicted octanol–water partition coefficient (Wildman–Crippen LogP) is 1.70. The highest BCUT2D eigenvalue weighted by Crippen LogP contribution is 2.15. The van der Waals surface area contributed by atoms with E-state index in [0.717, 1.165) is 16.9 Å². The van der Waals surface area contributed by atoms with Gasteiger partial charge in [0, 0.05) is 20.7 Å². The first-order valence-electron chi connectivity index (χ1n) is 8.40. The van der Waals surface area contributed by atoms with Crippen LogP contribution in [0.2, 0.25) is 0 Å². The van der Waals surface area contributed by atoms with Gasteiger partial charge in [-0.15, -0.1) is 10.2 Å².